The number of aryl methyl sites for hydroxylation is 1. The van der Waals surface area contributed by atoms with Gasteiger partial charge in [-0.1, -0.05) is 29.8 Å². The van der Waals surface area contributed by atoms with Gasteiger partial charge in [0.25, 0.3) is 5.91 Å². The maximum absolute atomic E-state index is 13.9. The summed E-state index contributed by atoms with van der Waals surface area (Å²) in [5.41, 5.74) is 2.58. The van der Waals surface area contributed by atoms with Crippen molar-refractivity contribution in [2.75, 3.05) is 25.0 Å². The summed E-state index contributed by atoms with van der Waals surface area (Å²) in [7, 11) is 0. The number of ether oxygens (including phenoxy) is 2. The molecule has 1 fully saturated rings. The van der Waals surface area contributed by atoms with Crippen LogP contribution >= 0.6 is 0 Å². The van der Waals surface area contributed by atoms with Gasteiger partial charge in [0.1, 0.15) is 11.6 Å². The molecule has 1 N–H and O–H groups in total. The van der Waals surface area contributed by atoms with E-state index in [9.17, 15) is 18.0 Å². The molecule has 0 unspecified atom stereocenters. The van der Waals surface area contributed by atoms with E-state index in [1.807, 2.05) is 25.1 Å². The number of hydrogen-bond donors (Lipinski definition) is 1. The van der Waals surface area contributed by atoms with Crippen LogP contribution < -0.4 is 10.1 Å². The Labute approximate surface area is 208 Å². The molecule has 1 saturated heterocycles. The molecule has 0 saturated carbocycles. The summed E-state index contributed by atoms with van der Waals surface area (Å²) in [5, 5.41) is 2.73. The van der Waals surface area contributed by atoms with Crippen LogP contribution in [0.4, 0.5) is 18.9 Å². The van der Waals surface area contributed by atoms with Gasteiger partial charge in [0.2, 0.25) is 0 Å². The normalized spacial score (nSPS) is 16.2. The minimum atomic E-state index is -1.07. The number of anilines is 1. The molecule has 1 aliphatic rings. The summed E-state index contributed by atoms with van der Waals surface area (Å²) >= 11 is 0. The lowest BCUT2D eigenvalue weighted by atomic mass is 10.1. The van der Waals surface area contributed by atoms with E-state index in [-0.39, 0.29) is 18.4 Å². The number of carbonyl (C=O) groups is 1. The first-order chi connectivity index (χ1) is 17.4. The summed E-state index contributed by atoms with van der Waals surface area (Å²) in [6.45, 7) is 4.00. The Morgan fingerprint density at radius 1 is 1.08 bits per heavy atom. The number of amides is 1. The largest absolute Gasteiger partial charge is 0.479 e. The molecule has 0 spiro atoms. The van der Waals surface area contributed by atoms with Crippen LogP contribution in [0.1, 0.15) is 24.0 Å². The van der Waals surface area contributed by atoms with E-state index in [1.165, 1.54) is 30.3 Å². The Balaban J connectivity index is 1.57. The number of nitrogens with one attached hydrogen (secondary N) is 1. The van der Waals surface area contributed by atoms with Crippen molar-refractivity contribution in [3.05, 3.63) is 95.3 Å². The molecule has 1 aliphatic heterocycles. The highest BCUT2D eigenvalue weighted by atomic mass is 19.2. The summed E-state index contributed by atoms with van der Waals surface area (Å²) in [6.07, 6.45) is 0.855. The Bertz CT molecular complexity index is 1170. The van der Waals surface area contributed by atoms with Gasteiger partial charge in [-0.15, -0.1) is 0 Å². The van der Waals surface area contributed by atoms with E-state index in [4.69, 9.17) is 9.47 Å². The van der Waals surface area contributed by atoms with Crippen LogP contribution in [0.15, 0.2) is 66.7 Å². The molecule has 0 radical (unpaired) electrons. The molecule has 190 valence electrons. The van der Waals surface area contributed by atoms with Gasteiger partial charge in [0, 0.05) is 38.0 Å². The Morgan fingerprint density at radius 3 is 2.58 bits per heavy atom. The average Bonchev–Trinajstić information content (AvgIpc) is 3.35. The first kappa shape index (κ1) is 25.7. The molecular weight excluding hydrogens is 469 g/mol. The van der Waals surface area contributed by atoms with Crippen LogP contribution in [0.3, 0.4) is 0 Å². The number of nitrogens with zero attached hydrogens (tertiary/aromatic N) is 1. The summed E-state index contributed by atoms with van der Waals surface area (Å²) < 4.78 is 52.4. The van der Waals surface area contributed by atoms with Crippen LogP contribution in [0.5, 0.6) is 5.75 Å². The predicted octanol–water partition coefficient (Wildman–Crippen LogP) is 5.48. The molecule has 5 nitrogen and oxygen atoms in total. The molecular formula is C28H29F3N2O3. The first-order valence-corrected chi connectivity index (χ1v) is 11.9. The van der Waals surface area contributed by atoms with Crippen LogP contribution in [0.25, 0.3) is 0 Å². The van der Waals surface area contributed by atoms with Gasteiger partial charge in [-0.05, 0) is 61.7 Å². The smallest absolute Gasteiger partial charge is 0.266 e. The van der Waals surface area contributed by atoms with E-state index in [2.05, 4.69) is 16.3 Å². The molecule has 1 amide bonds. The van der Waals surface area contributed by atoms with E-state index in [0.717, 1.165) is 36.1 Å². The van der Waals surface area contributed by atoms with Crippen molar-refractivity contribution >= 4 is 11.6 Å². The van der Waals surface area contributed by atoms with E-state index >= 15 is 0 Å². The van der Waals surface area contributed by atoms with Crippen molar-refractivity contribution in [2.45, 2.75) is 38.5 Å². The maximum Gasteiger partial charge on any atom is 0.266 e. The Kier molecular flexibility index (Phi) is 8.61. The molecule has 0 bridgehead atoms. The van der Waals surface area contributed by atoms with Gasteiger partial charge in [0.05, 0.1) is 6.10 Å². The van der Waals surface area contributed by atoms with Gasteiger partial charge < -0.3 is 14.8 Å². The zero-order valence-corrected chi connectivity index (χ0v) is 20.1. The van der Waals surface area contributed by atoms with E-state index in [0.29, 0.717) is 25.4 Å². The minimum Gasteiger partial charge on any atom is -0.479 e. The number of carbonyl (C=O) groups excluding carboxylic acids is 1. The number of halogens is 3. The average molecular weight is 499 g/mol. The van der Waals surface area contributed by atoms with Crippen LogP contribution in [0.2, 0.25) is 0 Å². The van der Waals surface area contributed by atoms with Crippen molar-refractivity contribution in [1.29, 1.82) is 0 Å². The summed E-state index contributed by atoms with van der Waals surface area (Å²) in [6, 6.07) is 16.6. The van der Waals surface area contributed by atoms with Gasteiger partial charge in [-0.25, -0.2) is 13.2 Å². The molecule has 0 aromatic heterocycles. The molecule has 3 aromatic rings. The molecule has 2 atom stereocenters. The van der Waals surface area contributed by atoms with Gasteiger partial charge >= 0.3 is 0 Å². The third-order valence-electron chi connectivity index (χ3n) is 5.97. The SMILES string of the molecule is Cc1cccc(CN(C[C@H]2CCCO2)C[C@@H](Oc2ccc(F)c(F)c2)C(=O)Nc2ccc(F)cc2)c1. The van der Waals surface area contributed by atoms with Gasteiger partial charge in [0.15, 0.2) is 17.7 Å². The third kappa shape index (κ3) is 7.32. The maximum atomic E-state index is 13.9. The third-order valence-corrected chi connectivity index (χ3v) is 5.97. The number of hydrogen-bond acceptors (Lipinski definition) is 4. The van der Waals surface area contributed by atoms with E-state index < -0.39 is 29.5 Å². The minimum absolute atomic E-state index is 0.0267. The van der Waals surface area contributed by atoms with Gasteiger partial charge in [-0.2, -0.15) is 0 Å². The first-order valence-electron chi connectivity index (χ1n) is 11.9. The highest BCUT2D eigenvalue weighted by molar-refractivity contribution is 5.94. The number of benzene rings is 3. The predicted molar refractivity (Wildman–Crippen MR) is 131 cm³/mol. The van der Waals surface area contributed by atoms with Crippen molar-refractivity contribution in [2.24, 2.45) is 0 Å². The number of rotatable bonds is 10. The Morgan fingerprint density at radius 2 is 1.89 bits per heavy atom. The summed E-state index contributed by atoms with van der Waals surface area (Å²) in [5.74, 6) is -2.97. The second kappa shape index (κ2) is 12.1. The topological polar surface area (TPSA) is 50.8 Å². The molecule has 8 heteroatoms. The molecule has 0 aliphatic carbocycles. The lowest BCUT2D eigenvalue weighted by Crippen LogP contribution is -2.45. The van der Waals surface area contributed by atoms with E-state index in [1.54, 1.807) is 0 Å². The Hall–Kier alpha value is -3.36. The quantitative estimate of drug-likeness (QED) is 0.402. The second-order valence-electron chi connectivity index (χ2n) is 9.00. The molecule has 1 heterocycles. The van der Waals surface area contributed by atoms with Crippen molar-refractivity contribution < 1.29 is 27.4 Å². The standard InChI is InChI=1S/C28H29F3N2O3/c1-19-4-2-5-20(14-19)16-33(17-24-6-3-13-35-24)18-27(36-23-11-12-25(30)26(31)15-23)28(34)32-22-9-7-21(29)8-10-22/h2,4-5,7-12,14-15,24,27H,3,6,13,16-18H2,1H3,(H,32,34)/t24-,27-/m1/s1. The monoisotopic (exact) mass is 498 g/mol. The fourth-order valence-corrected chi connectivity index (χ4v) is 4.23. The van der Waals surface area contributed by atoms with Crippen molar-refractivity contribution in [3.8, 4) is 5.75 Å². The lowest BCUT2D eigenvalue weighted by molar-refractivity contribution is -0.123. The van der Waals surface area contributed by atoms with Crippen LogP contribution in [-0.4, -0.2) is 42.7 Å². The van der Waals surface area contributed by atoms with Crippen molar-refractivity contribution in [3.63, 3.8) is 0 Å². The van der Waals surface area contributed by atoms with Crippen LogP contribution in [-0.2, 0) is 16.1 Å². The summed E-state index contributed by atoms with van der Waals surface area (Å²) in [4.78, 5) is 15.3. The second-order valence-corrected chi connectivity index (χ2v) is 9.00. The van der Waals surface area contributed by atoms with Gasteiger partial charge in [-0.3, -0.25) is 9.69 Å². The zero-order valence-electron chi connectivity index (χ0n) is 20.1. The molecule has 3 aromatic carbocycles. The molecule has 36 heavy (non-hydrogen) atoms. The zero-order chi connectivity index (χ0) is 25.5. The lowest BCUT2D eigenvalue weighted by Gasteiger charge is -2.29. The van der Waals surface area contributed by atoms with Crippen molar-refractivity contribution in [1.82, 2.24) is 4.90 Å². The van der Waals surface area contributed by atoms with Crippen LogP contribution in [0, 0.1) is 24.4 Å². The fourth-order valence-electron chi connectivity index (χ4n) is 4.23. The fraction of sp³-hybridized carbons (Fsp3) is 0.321. The highest BCUT2D eigenvalue weighted by Gasteiger charge is 2.27. The molecule has 4 rings (SSSR count). The highest BCUT2D eigenvalue weighted by Crippen LogP contribution is 2.21.